The van der Waals surface area contributed by atoms with E-state index in [1.54, 1.807) is 36.4 Å². The molecule has 6 atom stereocenters. The molecule has 1 amide bonds. The molecule has 1 fully saturated rings. The molecule has 0 bridgehead atoms. The number of amides is 1. The van der Waals surface area contributed by atoms with Crippen molar-refractivity contribution in [3.8, 4) is 5.75 Å². The number of esters is 1. The molecule has 1 aromatic carbocycles. The van der Waals surface area contributed by atoms with E-state index in [0.29, 0.717) is 30.0 Å². The van der Waals surface area contributed by atoms with E-state index in [4.69, 9.17) is 31.5 Å². The molecule has 0 aliphatic heterocycles. The van der Waals surface area contributed by atoms with E-state index in [-0.39, 0.29) is 50.4 Å². The first-order valence-electron chi connectivity index (χ1n) is 13.1. The Morgan fingerprint density at radius 3 is 2.70 bits per heavy atom. The Hall–Kier alpha value is -2.55. The highest BCUT2D eigenvalue weighted by Gasteiger charge is 2.39. The number of aliphatic hydroxyl groups excluding tert-OH is 3. The van der Waals surface area contributed by atoms with Gasteiger partial charge in [-0.15, -0.1) is 0 Å². The molecule has 1 aromatic rings. The Kier molecular flexibility index (Phi) is 15.1. The molecular formula is C27H39ClN2O10. The summed E-state index contributed by atoms with van der Waals surface area (Å²) in [5, 5.41) is 50.4. The summed E-state index contributed by atoms with van der Waals surface area (Å²) in [4.78, 5) is 28.1. The predicted octanol–water partition coefficient (Wildman–Crippen LogP) is 2.17. The van der Waals surface area contributed by atoms with Gasteiger partial charge < -0.3 is 30.1 Å². The quantitative estimate of drug-likeness (QED) is 0.0682. The molecule has 1 aliphatic rings. The minimum absolute atomic E-state index is 0.0173. The number of ether oxygens (including phenoxy) is 2. The number of unbranched alkanes of at least 4 members (excludes halogenated alkanes) is 1. The summed E-state index contributed by atoms with van der Waals surface area (Å²) >= 11 is 5.93. The monoisotopic (exact) mass is 586 g/mol. The van der Waals surface area contributed by atoms with E-state index < -0.39 is 35.7 Å². The molecule has 12 nitrogen and oxygen atoms in total. The van der Waals surface area contributed by atoms with Gasteiger partial charge in [0, 0.05) is 23.8 Å². The molecule has 1 unspecified atom stereocenters. The van der Waals surface area contributed by atoms with Crippen LogP contribution in [0.5, 0.6) is 5.75 Å². The lowest BCUT2D eigenvalue weighted by Crippen LogP contribution is -2.39. The largest absolute Gasteiger partial charge is 0.491 e. The van der Waals surface area contributed by atoms with Gasteiger partial charge in [-0.1, -0.05) is 42.0 Å². The molecule has 0 aromatic heterocycles. The summed E-state index contributed by atoms with van der Waals surface area (Å²) in [6, 6.07) is 5.98. The number of carbonyl (C=O) groups excluding carboxylic acids is 2. The van der Waals surface area contributed by atoms with Crippen molar-refractivity contribution in [2.45, 2.75) is 63.4 Å². The summed E-state index contributed by atoms with van der Waals surface area (Å²) in [5.41, 5.74) is 0. The zero-order chi connectivity index (χ0) is 29.5. The number of nitrogens with one attached hydrogen (secondary N) is 1. The van der Waals surface area contributed by atoms with Crippen LogP contribution >= 0.6 is 11.6 Å². The highest BCUT2D eigenvalue weighted by Crippen LogP contribution is 2.36. The van der Waals surface area contributed by atoms with Gasteiger partial charge in [0.25, 0.3) is 0 Å². The second-order valence-electron chi connectivity index (χ2n) is 9.47. The van der Waals surface area contributed by atoms with Crippen LogP contribution in [0.3, 0.4) is 0 Å². The molecule has 0 heterocycles. The molecule has 40 heavy (non-hydrogen) atoms. The second kappa shape index (κ2) is 18.0. The van der Waals surface area contributed by atoms with Crippen LogP contribution in [-0.2, 0) is 19.2 Å². The maximum atomic E-state index is 12.1. The zero-order valence-corrected chi connectivity index (χ0v) is 23.1. The van der Waals surface area contributed by atoms with Gasteiger partial charge in [-0.25, -0.2) is 9.63 Å². The van der Waals surface area contributed by atoms with Crippen LogP contribution in [0.15, 0.2) is 48.6 Å². The molecule has 224 valence electrons. The van der Waals surface area contributed by atoms with E-state index in [1.807, 2.05) is 12.2 Å². The van der Waals surface area contributed by atoms with Gasteiger partial charge in [0.05, 0.1) is 17.6 Å². The van der Waals surface area contributed by atoms with E-state index in [9.17, 15) is 24.9 Å². The number of halogens is 1. The number of benzene rings is 1. The minimum atomic E-state index is -0.900. The van der Waals surface area contributed by atoms with Crippen molar-refractivity contribution in [3.05, 3.63) is 53.6 Å². The summed E-state index contributed by atoms with van der Waals surface area (Å²) in [5.74, 6) is -1.01. The number of nitrogens with zero attached hydrogens (tertiary/aromatic N) is 1. The zero-order valence-electron chi connectivity index (χ0n) is 22.3. The van der Waals surface area contributed by atoms with Crippen LogP contribution < -0.4 is 10.1 Å². The lowest BCUT2D eigenvalue weighted by Gasteiger charge is -2.19. The van der Waals surface area contributed by atoms with Crippen molar-refractivity contribution in [2.24, 2.45) is 11.8 Å². The average Bonchev–Trinajstić information content (AvgIpc) is 3.17. The Balaban J connectivity index is 1.69. The Labute approximate surface area is 238 Å². The summed E-state index contributed by atoms with van der Waals surface area (Å²) < 4.78 is 10.4. The summed E-state index contributed by atoms with van der Waals surface area (Å²) in [6.45, 7) is 1.01. The van der Waals surface area contributed by atoms with Gasteiger partial charge in [0.1, 0.15) is 37.7 Å². The maximum absolute atomic E-state index is 12.1. The van der Waals surface area contributed by atoms with Crippen molar-refractivity contribution >= 4 is 23.5 Å². The number of carbonyl (C=O) groups is 2. The lowest BCUT2D eigenvalue weighted by molar-refractivity contribution is -0.493. The fraction of sp³-hybridized carbons (Fsp3) is 0.556. The van der Waals surface area contributed by atoms with E-state index in [2.05, 4.69) is 10.2 Å². The Bertz CT molecular complexity index is 976. The van der Waals surface area contributed by atoms with E-state index in [1.165, 1.54) is 6.92 Å². The predicted molar refractivity (Wildman–Crippen MR) is 143 cm³/mol. The summed E-state index contributed by atoms with van der Waals surface area (Å²) in [7, 11) is 0. The van der Waals surface area contributed by atoms with Crippen molar-refractivity contribution in [1.29, 1.82) is 0 Å². The maximum Gasteiger partial charge on any atom is 0.328 e. The van der Waals surface area contributed by atoms with Gasteiger partial charge in [-0.3, -0.25) is 15.2 Å². The number of hydrogen-bond acceptors (Lipinski definition) is 11. The minimum Gasteiger partial charge on any atom is -0.491 e. The Morgan fingerprint density at radius 2 is 1.98 bits per heavy atom. The van der Waals surface area contributed by atoms with Crippen molar-refractivity contribution in [3.63, 3.8) is 0 Å². The molecule has 0 radical (unpaired) electrons. The second-order valence-corrected chi connectivity index (χ2v) is 9.91. The molecule has 13 heteroatoms. The van der Waals surface area contributed by atoms with Crippen molar-refractivity contribution in [1.82, 2.24) is 10.7 Å². The van der Waals surface area contributed by atoms with Crippen LogP contribution in [0.2, 0.25) is 5.02 Å². The summed E-state index contributed by atoms with van der Waals surface area (Å²) in [6.07, 6.45) is 6.90. The highest BCUT2D eigenvalue weighted by atomic mass is 35.5. The van der Waals surface area contributed by atoms with E-state index >= 15 is 0 Å². The topological polar surface area (TPSA) is 178 Å². The molecule has 0 spiro atoms. The van der Waals surface area contributed by atoms with Crippen LogP contribution in [-0.4, -0.2) is 87.2 Å². The third kappa shape index (κ3) is 12.7. The molecule has 0 saturated heterocycles. The molecular weight excluding hydrogens is 548 g/mol. The number of rotatable bonds is 17. The SMILES string of the molecule is CC(NC(=O)CCC/C=C\C[C@@H]1[C@@H](/C=C/[C@@H](O)COc2cccc(Cl)c2)[C@H](O)C[C@@H]1O)C(=O)OCCON(O)O. The standard InChI is InChI=1S/C27H39ClN2O10/c1-18(27(35)38-13-14-40-30(36)37)29-26(34)10-5-3-2-4-9-22-23(25(33)16-24(22)32)12-11-20(31)17-39-21-8-6-7-19(28)15-21/h2,4,6-8,11-12,15,18,20,22-25,31-33,36-37H,3,5,9-10,13-14,16-17H2,1H3,(H,29,34)/b4-2-,12-11+/t18?,20-,22-,23-,24+,25-/m1/s1. The Morgan fingerprint density at radius 1 is 1.20 bits per heavy atom. The fourth-order valence-electron chi connectivity index (χ4n) is 4.27. The smallest absolute Gasteiger partial charge is 0.328 e. The van der Waals surface area contributed by atoms with Gasteiger partial charge in [0.2, 0.25) is 5.91 Å². The van der Waals surface area contributed by atoms with Gasteiger partial charge in [-0.2, -0.15) is 0 Å². The third-order valence-corrected chi connectivity index (χ3v) is 6.54. The first-order valence-corrected chi connectivity index (χ1v) is 13.5. The van der Waals surface area contributed by atoms with Crippen LogP contribution in [0.4, 0.5) is 0 Å². The molecule has 1 aliphatic carbocycles. The van der Waals surface area contributed by atoms with Crippen molar-refractivity contribution in [2.75, 3.05) is 19.8 Å². The molecule has 6 N–H and O–H groups in total. The molecule has 1 saturated carbocycles. The highest BCUT2D eigenvalue weighted by molar-refractivity contribution is 6.30. The van der Waals surface area contributed by atoms with Crippen molar-refractivity contribution < 1.29 is 49.6 Å². The van der Waals surface area contributed by atoms with E-state index in [0.717, 1.165) is 0 Å². The van der Waals surface area contributed by atoms with Gasteiger partial charge >= 0.3 is 5.97 Å². The number of allylic oxidation sites excluding steroid dienone is 2. The van der Waals surface area contributed by atoms with Crippen LogP contribution in [0.25, 0.3) is 0 Å². The number of aliphatic hydroxyl groups is 3. The molecule has 2 rings (SSSR count). The van der Waals surface area contributed by atoms with Crippen LogP contribution in [0, 0.1) is 11.8 Å². The first kappa shape index (κ1) is 33.7. The van der Waals surface area contributed by atoms with Gasteiger partial charge in [0.15, 0.2) is 0 Å². The third-order valence-electron chi connectivity index (χ3n) is 6.30. The van der Waals surface area contributed by atoms with Crippen LogP contribution in [0.1, 0.15) is 39.0 Å². The number of hydrogen-bond donors (Lipinski definition) is 6. The fourth-order valence-corrected chi connectivity index (χ4v) is 4.45. The van der Waals surface area contributed by atoms with Gasteiger partial charge in [-0.05, 0) is 50.3 Å². The lowest BCUT2D eigenvalue weighted by atomic mass is 9.89. The normalized spacial score (nSPS) is 22.6. The average molecular weight is 587 g/mol. The first-order chi connectivity index (χ1) is 19.1.